The molecule has 0 radical (unpaired) electrons. The Morgan fingerprint density at radius 3 is 2.52 bits per heavy atom. The van der Waals surface area contributed by atoms with Crippen LogP contribution < -0.4 is 10.1 Å². The van der Waals surface area contributed by atoms with E-state index in [1.165, 1.54) is 6.42 Å². The van der Waals surface area contributed by atoms with Gasteiger partial charge in [0.1, 0.15) is 11.9 Å². The van der Waals surface area contributed by atoms with E-state index in [9.17, 15) is 9.59 Å². The molecule has 5 heteroatoms. The van der Waals surface area contributed by atoms with Crippen molar-refractivity contribution in [3.8, 4) is 5.75 Å². The summed E-state index contributed by atoms with van der Waals surface area (Å²) in [5.74, 6) is -0.0381. The van der Waals surface area contributed by atoms with Crippen molar-refractivity contribution in [3.05, 3.63) is 52.4 Å². The first-order chi connectivity index (χ1) is 14.8. The number of benzene rings is 1. The first-order valence-corrected chi connectivity index (χ1v) is 11.4. The quantitative estimate of drug-likeness (QED) is 0.677. The van der Waals surface area contributed by atoms with Crippen molar-refractivity contribution in [2.24, 2.45) is 5.41 Å². The highest BCUT2D eigenvalue weighted by Gasteiger charge is 2.44. The largest absolute Gasteiger partial charge is 0.496 e. The normalized spacial score (nSPS) is 23.9. The fraction of sp³-hybridized carbons (Fsp3) is 0.538. The minimum Gasteiger partial charge on any atom is -0.496 e. The number of carbonyl (C=O) groups is 2. The summed E-state index contributed by atoms with van der Waals surface area (Å²) in [4.78, 5) is 26.9. The predicted molar refractivity (Wildman–Crippen MR) is 120 cm³/mol. The van der Waals surface area contributed by atoms with Gasteiger partial charge < -0.3 is 14.8 Å². The fourth-order valence-corrected chi connectivity index (χ4v) is 5.32. The molecule has 2 aliphatic carbocycles. The van der Waals surface area contributed by atoms with Crippen LogP contribution in [0.2, 0.25) is 0 Å². The van der Waals surface area contributed by atoms with E-state index in [-0.39, 0.29) is 23.3 Å². The van der Waals surface area contributed by atoms with E-state index in [0.29, 0.717) is 23.3 Å². The van der Waals surface area contributed by atoms with Crippen molar-refractivity contribution in [2.45, 2.75) is 77.7 Å². The third-order valence-electron chi connectivity index (χ3n) is 6.74. The van der Waals surface area contributed by atoms with Gasteiger partial charge >= 0.3 is 5.97 Å². The SMILES string of the molecule is COc1ccccc1[C@H]1C(C(=O)OC2CCCCC2)=C(C)NC2=C1C(=O)CC(C)(C)C2. The second-order valence-corrected chi connectivity index (χ2v) is 9.84. The molecular formula is C26H33NO4. The molecule has 0 unspecified atom stereocenters. The number of hydrogen-bond acceptors (Lipinski definition) is 5. The van der Waals surface area contributed by atoms with Crippen LogP contribution in [0.15, 0.2) is 46.8 Å². The standard InChI is InChI=1S/C26H33NO4/c1-16-22(25(29)31-17-10-6-5-7-11-17)23(18-12-8-9-13-21(18)30-4)24-19(27-16)14-26(2,3)15-20(24)28/h8-9,12-13,17,23,27H,5-7,10-11,14-15H2,1-4H3/t23-/m0/s1. The van der Waals surface area contributed by atoms with Gasteiger partial charge in [-0.2, -0.15) is 0 Å². The molecule has 31 heavy (non-hydrogen) atoms. The molecule has 1 atom stereocenters. The second kappa shape index (κ2) is 8.52. The number of Topliss-reactive ketones (excluding diaryl/α,β-unsaturated/α-hetero) is 1. The molecular weight excluding hydrogens is 390 g/mol. The summed E-state index contributed by atoms with van der Waals surface area (Å²) < 4.78 is 11.6. The lowest BCUT2D eigenvalue weighted by molar-refractivity contribution is -0.146. The molecule has 1 saturated carbocycles. The Labute approximate surface area is 184 Å². The van der Waals surface area contributed by atoms with Gasteiger partial charge in [0, 0.05) is 29.0 Å². The molecule has 0 aromatic heterocycles. The number of hydrogen-bond donors (Lipinski definition) is 1. The van der Waals surface area contributed by atoms with Crippen LogP contribution in [0.3, 0.4) is 0 Å². The summed E-state index contributed by atoms with van der Waals surface area (Å²) in [6, 6.07) is 7.67. The highest BCUT2D eigenvalue weighted by molar-refractivity contribution is 6.04. The Kier molecular flexibility index (Phi) is 5.96. The van der Waals surface area contributed by atoms with Crippen LogP contribution in [0.25, 0.3) is 0 Å². The third kappa shape index (κ3) is 4.28. The highest BCUT2D eigenvalue weighted by Crippen LogP contribution is 2.48. The van der Waals surface area contributed by atoms with Gasteiger partial charge in [-0.1, -0.05) is 38.5 Å². The van der Waals surface area contributed by atoms with Crippen molar-refractivity contribution >= 4 is 11.8 Å². The number of ether oxygens (including phenoxy) is 2. The van der Waals surface area contributed by atoms with Crippen LogP contribution >= 0.6 is 0 Å². The molecule has 166 valence electrons. The minimum atomic E-state index is -0.480. The molecule has 1 aromatic rings. The number of nitrogens with one attached hydrogen (secondary N) is 1. The zero-order valence-corrected chi connectivity index (χ0v) is 19.0. The van der Waals surface area contributed by atoms with Crippen LogP contribution in [0.5, 0.6) is 5.75 Å². The van der Waals surface area contributed by atoms with Crippen LogP contribution in [0.1, 0.15) is 77.2 Å². The number of methoxy groups -OCH3 is 1. The lowest BCUT2D eigenvalue weighted by atomic mass is 9.68. The number of dihydropyridines is 1. The molecule has 1 heterocycles. The Hall–Kier alpha value is -2.56. The van der Waals surface area contributed by atoms with E-state index < -0.39 is 5.92 Å². The van der Waals surface area contributed by atoms with Crippen molar-refractivity contribution in [2.75, 3.05) is 7.11 Å². The van der Waals surface area contributed by atoms with Gasteiger partial charge in [-0.25, -0.2) is 4.79 Å². The highest BCUT2D eigenvalue weighted by atomic mass is 16.5. The molecule has 5 nitrogen and oxygen atoms in total. The number of para-hydroxylation sites is 1. The lowest BCUT2D eigenvalue weighted by Crippen LogP contribution is -2.39. The van der Waals surface area contributed by atoms with Crippen molar-refractivity contribution in [1.82, 2.24) is 5.32 Å². The van der Waals surface area contributed by atoms with Gasteiger partial charge in [-0.05, 0) is 50.5 Å². The molecule has 4 rings (SSSR count). The monoisotopic (exact) mass is 423 g/mol. The van der Waals surface area contributed by atoms with Gasteiger partial charge in [0.15, 0.2) is 5.78 Å². The summed E-state index contributed by atoms with van der Waals surface area (Å²) in [6.45, 7) is 6.14. The van der Waals surface area contributed by atoms with Gasteiger partial charge in [0.25, 0.3) is 0 Å². The van der Waals surface area contributed by atoms with Crippen LogP contribution in [-0.2, 0) is 14.3 Å². The Balaban J connectivity index is 1.79. The molecule has 1 aliphatic heterocycles. The minimum absolute atomic E-state index is 0.0452. The summed E-state index contributed by atoms with van der Waals surface area (Å²) >= 11 is 0. The maximum atomic E-state index is 13.5. The average molecular weight is 424 g/mol. The van der Waals surface area contributed by atoms with Gasteiger partial charge in [-0.3, -0.25) is 4.79 Å². The molecule has 1 aromatic carbocycles. The van der Waals surface area contributed by atoms with Crippen molar-refractivity contribution in [1.29, 1.82) is 0 Å². The Morgan fingerprint density at radius 1 is 1.10 bits per heavy atom. The molecule has 0 amide bonds. The lowest BCUT2D eigenvalue weighted by Gasteiger charge is -2.40. The van der Waals surface area contributed by atoms with E-state index in [1.54, 1.807) is 7.11 Å². The number of carbonyl (C=O) groups excluding carboxylic acids is 2. The van der Waals surface area contributed by atoms with Gasteiger partial charge in [0.05, 0.1) is 18.6 Å². The first-order valence-electron chi connectivity index (χ1n) is 11.4. The fourth-order valence-electron chi connectivity index (χ4n) is 5.32. The number of rotatable bonds is 4. The van der Waals surface area contributed by atoms with Crippen molar-refractivity contribution in [3.63, 3.8) is 0 Å². The maximum Gasteiger partial charge on any atom is 0.337 e. The van der Waals surface area contributed by atoms with Crippen molar-refractivity contribution < 1.29 is 19.1 Å². The number of allylic oxidation sites excluding steroid dienone is 3. The zero-order chi connectivity index (χ0) is 22.2. The van der Waals surface area contributed by atoms with E-state index in [1.807, 2.05) is 31.2 Å². The van der Waals surface area contributed by atoms with Gasteiger partial charge in [-0.15, -0.1) is 0 Å². The van der Waals surface area contributed by atoms with E-state index in [4.69, 9.17) is 9.47 Å². The summed E-state index contributed by atoms with van der Waals surface area (Å²) in [5, 5.41) is 3.41. The van der Waals surface area contributed by atoms with Crippen LogP contribution in [0, 0.1) is 5.41 Å². The topological polar surface area (TPSA) is 64.6 Å². The first kappa shape index (κ1) is 21.7. The van der Waals surface area contributed by atoms with Crippen LogP contribution in [0.4, 0.5) is 0 Å². The molecule has 1 fully saturated rings. The smallest absolute Gasteiger partial charge is 0.337 e. The molecule has 0 saturated heterocycles. The van der Waals surface area contributed by atoms with E-state index >= 15 is 0 Å². The molecule has 3 aliphatic rings. The van der Waals surface area contributed by atoms with E-state index in [0.717, 1.165) is 49.1 Å². The Morgan fingerprint density at radius 2 is 1.81 bits per heavy atom. The summed E-state index contributed by atoms with van der Waals surface area (Å²) in [7, 11) is 1.62. The van der Waals surface area contributed by atoms with Crippen LogP contribution in [-0.4, -0.2) is 25.0 Å². The molecule has 0 bridgehead atoms. The molecule has 1 N–H and O–H groups in total. The maximum absolute atomic E-state index is 13.5. The number of ketones is 1. The van der Waals surface area contributed by atoms with E-state index in [2.05, 4.69) is 19.2 Å². The van der Waals surface area contributed by atoms with Gasteiger partial charge in [0.2, 0.25) is 0 Å². The summed E-state index contributed by atoms with van der Waals surface area (Å²) in [5.41, 5.74) is 3.62. The Bertz CT molecular complexity index is 950. The second-order valence-electron chi connectivity index (χ2n) is 9.84. The summed E-state index contributed by atoms with van der Waals surface area (Å²) in [6.07, 6.45) is 6.38. The third-order valence-corrected chi connectivity index (χ3v) is 6.74. The number of esters is 1. The molecule has 0 spiro atoms. The zero-order valence-electron chi connectivity index (χ0n) is 19.0. The average Bonchev–Trinajstić information content (AvgIpc) is 2.72. The predicted octanol–water partition coefficient (Wildman–Crippen LogP) is 5.18.